The summed E-state index contributed by atoms with van der Waals surface area (Å²) in [5.74, 6) is 0.846. The first-order valence-electron chi connectivity index (χ1n) is 6.56. The molecule has 0 aliphatic rings. The smallest absolute Gasteiger partial charge is 0.161 e. The molecule has 0 saturated heterocycles. The van der Waals surface area contributed by atoms with Crippen molar-refractivity contribution in [1.82, 2.24) is 0 Å². The molecule has 0 heterocycles. The minimum absolute atomic E-state index is 0.0185. The number of carbonyl (C=O) groups is 1. The van der Waals surface area contributed by atoms with E-state index in [9.17, 15) is 9.90 Å². The SMILES string of the molecule is C=CC(C)=O.CCCCCOc1cc(C)ccc1O. The molecule has 3 heteroatoms. The minimum atomic E-state index is 0.0185. The van der Waals surface area contributed by atoms with Gasteiger partial charge < -0.3 is 9.84 Å². The van der Waals surface area contributed by atoms with Gasteiger partial charge in [0.25, 0.3) is 0 Å². The highest BCUT2D eigenvalue weighted by Gasteiger charge is 2.01. The van der Waals surface area contributed by atoms with E-state index in [0.29, 0.717) is 12.4 Å². The molecule has 106 valence electrons. The van der Waals surface area contributed by atoms with Crippen LogP contribution in [0.2, 0.25) is 0 Å². The van der Waals surface area contributed by atoms with Gasteiger partial charge in [-0.1, -0.05) is 32.4 Å². The minimum Gasteiger partial charge on any atom is -0.504 e. The molecule has 1 aromatic carbocycles. The predicted octanol–water partition coefficient (Wildman–Crippen LogP) is 4.03. The molecule has 3 nitrogen and oxygen atoms in total. The van der Waals surface area contributed by atoms with Crippen LogP contribution in [-0.4, -0.2) is 17.5 Å². The fraction of sp³-hybridized carbons (Fsp3) is 0.438. The lowest BCUT2D eigenvalue weighted by Gasteiger charge is -2.08. The number of ether oxygens (including phenoxy) is 1. The predicted molar refractivity (Wildman–Crippen MR) is 78.7 cm³/mol. The van der Waals surface area contributed by atoms with E-state index in [1.807, 2.05) is 19.1 Å². The van der Waals surface area contributed by atoms with Gasteiger partial charge in [-0.3, -0.25) is 4.79 Å². The van der Waals surface area contributed by atoms with Crippen LogP contribution >= 0.6 is 0 Å². The molecule has 1 aromatic rings. The lowest BCUT2D eigenvalue weighted by atomic mass is 10.2. The number of allylic oxidation sites excluding steroid dienone is 1. The maximum Gasteiger partial charge on any atom is 0.161 e. The van der Waals surface area contributed by atoms with Gasteiger partial charge in [-0.25, -0.2) is 0 Å². The van der Waals surface area contributed by atoms with E-state index in [4.69, 9.17) is 4.74 Å². The summed E-state index contributed by atoms with van der Waals surface area (Å²) in [6.07, 6.45) is 4.68. The van der Waals surface area contributed by atoms with Crippen molar-refractivity contribution >= 4 is 5.78 Å². The molecule has 0 unspecified atom stereocenters. The van der Waals surface area contributed by atoms with E-state index in [0.717, 1.165) is 12.0 Å². The second-order valence-electron chi connectivity index (χ2n) is 4.34. The number of hydrogen-bond acceptors (Lipinski definition) is 3. The van der Waals surface area contributed by atoms with Crippen molar-refractivity contribution in [2.24, 2.45) is 0 Å². The first kappa shape index (κ1) is 17.2. The summed E-state index contributed by atoms with van der Waals surface area (Å²) in [5, 5.41) is 9.47. The van der Waals surface area contributed by atoms with Gasteiger partial charge in [0.2, 0.25) is 0 Å². The zero-order valence-corrected chi connectivity index (χ0v) is 12.1. The molecule has 19 heavy (non-hydrogen) atoms. The van der Waals surface area contributed by atoms with Crippen molar-refractivity contribution in [1.29, 1.82) is 0 Å². The van der Waals surface area contributed by atoms with Crippen molar-refractivity contribution in [3.63, 3.8) is 0 Å². The molecule has 0 spiro atoms. The average molecular weight is 264 g/mol. The Morgan fingerprint density at radius 3 is 2.58 bits per heavy atom. The summed E-state index contributed by atoms with van der Waals surface area (Å²) < 4.78 is 5.47. The number of aryl methyl sites for hydroxylation is 1. The molecule has 1 N–H and O–H groups in total. The van der Waals surface area contributed by atoms with Gasteiger partial charge in [-0.15, -0.1) is 0 Å². The largest absolute Gasteiger partial charge is 0.504 e. The van der Waals surface area contributed by atoms with Crippen molar-refractivity contribution in [3.8, 4) is 11.5 Å². The fourth-order valence-electron chi connectivity index (χ4n) is 1.27. The highest BCUT2D eigenvalue weighted by atomic mass is 16.5. The van der Waals surface area contributed by atoms with Crippen LogP contribution in [0.3, 0.4) is 0 Å². The van der Waals surface area contributed by atoms with E-state index < -0.39 is 0 Å². The molecule has 0 atom stereocenters. The third-order valence-electron chi connectivity index (χ3n) is 2.41. The number of phenols is 1. The third-order valence-corrected chi connectivity index (χ3v) is 2.41. The zero-order chi connectivity index (χ0) is 14.7. The highest BCUT2D eigenvalue weighted by molar-refractivity contribution is 5.86. The summed E-state index contributed by atoms with van der Waals surface area (Å²) in [4.78, 5) is 9.69. The Hall–Kier alpha value is -1.77. The Balaban J connectivity index is 0.000000555. The number of rotatable bonds is 6. The van der Waals surface area contributed by atoms with E-state index in [2.05, 4.69) is 13.5 Å². The number of carbonyl (C=O) groups excluding carboxylic acids is 1. The Morgan fingerprint density at radius 1 is 1.42 bits per heavy atom. The lowest BCUT2D eigenvalue weighted by Crippen LogP contribution is -1.97. The Bertz CT molecular complexity index is 397. The normalized spacial score (nSPS) is 9.21. The summed E-state index contributed by atoms with van der Waals surface area (Å²) in [6, 6.07) is 5.40. The van der Waals surface area contributed by atoms with Gasteiger partial charge in [0.1, 0.15) is 0 Å². The molecule has 0 aromatic heterocycles. The van der Waals surface area contributed by atoms with Gasteiger partial charge in [0, 0.05) is 0 Å². The quantitative estimate of drug-likeness (QED) is 0.623. The van der Waals surface area contributed by atoms with E-state index in [1.54, 1.807) is 6.07 Å². The summed E-state index contributed by atoms with van der Waals surface area (Å²) in [6.45, 7) is 9.50. The molecular formula is C16H24O3. The highest BCUT2D eigenvalue weighted by Crippen LogP contribution is 2.26. The molecular weight excluding hydrogens is 240 g/mol. The molecule has 0 saturated carbocycles. The second kappa shape index (κ2) is 10.2. The molecule has 0 aliphatic carbocycles. The number of ketones is 1. The molecule has 0 aliphatic heterocycles. The Kier molecular flexibility index (Phi) is 9.23. The number of benzene rings is 1. The van der Waals surface area contributed by atoms with Gasteiger partial charge in [0.05, 0.1) is 6.61 Å². The Labute approximate surface area is 115 Å². The van der Waals surface area contributed by atoms with E-state index >= 15 is 0 Å². The van der Waals surface area contributed by atoms with Gasteiger partial charge in [-0.2, -0.15) is 0 Å². The molecule has 0 fully saturated rings. The van der Waals surface area contributed by atoms with E-state index in [-0.39, 0.29) is 11.5 Å². The van der Waals surface area contributed by atoms with Crippen LogP contribution < -0.4 is 4.74 Å². The standard InChI is InChI=1S/C12H18O2.C4H6O/c1-3-4-5-8-14-12-9-10(2)6-7-11(12)13;1-3-4(2)5/h6-7,9,13H,3-5,8H2,1-2H3;3H,1H2,2H3. The number of hydrogen-bond donors (Lipinski definition) is 1. The number of aromatic hydroxyl groups is 1. The van der Waals surface area contributed by atoms with Crippen LogP contribution in [0.15, 0.2) is 30.9 Å². The van der Waals surface area contributed by atoms with Crippen LogP contribution in [0.5, 0.6) is 11.5 Å². The monoisotopic (exact) mass is 264 g/mol. The van der Waals surface area contributed by atoms with Crippen LogP contribution in [-0.2, 0) is 4.79 Å². The number of phenolic OH excluding ortho intramolecular Hbond substituents is 1. The van der Waals surface area contributed by atoms with Gasteiger partial charge in [-0.05, 0) is 44.0 Å². The van der Waals surface area contributed by atoms with Crippen LogP contribution in [0.4, 0.5) is 0 Å². The molecule has 0 amide bonds. The third kappa shape index (κ3) is 8.89. The van der Waals surface area contributed by atoms with Crippen molar-refractivity contribution in [3.05, 3.63) is 36.4 Å². The van der Waals surface area contributed by atoms with Crippen LogP contribution in [0.1, 0.15) is 38.7 Å². The summed E-state index contributed by atoms with van der Waals surface area (Å²) in [5.41, 5.74) is 1.10. The lowest BCUT2D eigenvalue weighted by molar-refractivity contribution is -0.112. The van der Waals surface area contributed by atoms with Crippen LogP contribution in [0.25, 0.3) is 0 Å². The molecule has 0 radical (unpaired) electrons. The zero-order valence-electron chi connectivity index (χ0n) is 12.1. The van der Waals surface area contributed by atoms with Crippen molar-refractivity contribution < 1.29 is 14.6 Å². The number of unbranched alkanes of at least 4 members (excludes halogenated alkanes) is 2. The fourth-order valence-corrected chi connectivity index (χ4v) is 1.27. The van der Waals surface area contributed by atoms with Gasteiger partial charge in [0.15, 0.2) is 17.3 Å². The topological polar surface area (TPSA) is 46.5 Å². The van der Waals surface area contributed by atoms with Crippen LogP contribution in [0, 0.1) is 6.92 Å². The Morgan fingerprint density at radius 2 is 2.05 bits per heavy atom. The summed E-state index contributed by atoms with van der Waals surface area (Å²) >= 11 is 0. The van der Waals surface area contributed by atoms with Crippen molar-refractivity contribution in [2.45, 2.75) is 40.0 Å². The maximum atomic E-state index is 9.69. The molecule has 0 bridgehead atoms. The molecule has 1 rings (SSSR count). The van der Waals surface area contributed by atoms with Crippen molar-refractivity contribution in [2.75, 3.05) is 6.61 Å². The first-order chi connectivity index (χ1) is 9.01. The first-order valence-corrected chi connectivity index (χ1v) is 6.56. The van der Waals surface area contributed by atoms with Gasteiger partial charge >= 0.3 is 0 Å². The second-order valence-corrected chi connectivity index (χ2v) is 4.34. The van der Waals surface area contributed by atoms with E-state index in [1.165, 1.54) is 25.8 Å². The average Bonchev–Trinajstić information content (AvgIpc) is 2.39. The summed E-state index contributed by atoms with van der Waals surface area (Å²) in [7, 11) is 0. The maximum absolute atomic E-state index is 9.69.